The number of rotatable bonds is 10. The second-order valence-corrected chi connectivity index (χ2v) is 5.78. The molecule has 0 aromatic rings. The van der Waals surface area contributed by atoms with Gasteiger partial charge in [0.05, 0.1) is 13.7 Å². The lowest BCUT2D eigenvalue weighted by atomic mass is 10.1. The third-order valence-electron chi connectivity index (χ3n) is 2.56. The predicted octanol–water partition coefficient (Wildman–Crippen LogP) is 2.65. The van der Waals surface area contributed by atoms with Crippen LogP contribution in [0.4, 0.5) is 4.79 Å². The van der Waals surface area contributed by atoms with Crippen LogP contribution in [-0.2, 0) is 19.0 Å². The number of hydrogen-bond donors (Lipinski definition) is 1. The van der Waals surface area contributed by atoms with Crippen LogP contribution in [0, 0.1) is 0 Å². The van der Waals surface area contributed by atoms with E-state index in [9.17, 15) is 9.59 Å². The van der Waals surface area contributed by atoms with Gasteiger partial charge in [0.2, 0.25) is 0 Å². The molecular weight excluding hydrogens is 274 g/mol. The van der Waals surface area contributed by atoms with E-state index in [1.807, 2.05) is 20.8 Å². The Kier molecular flexibility index (Phi) is 10.7. The first-order valence-corrected chi connectivity index (χ1v) is 7.46. The Balaban J connectivity index is 3.26. The molecule has 0 aromatic heterocycles. The van der Waals surface area contributed by atoms with E-state index < -0.39 is 11.7 Å². The maximum absolute atomic E-state index is 11.3. The molecule has 0 aromatic carbocycles. The number of ether oxygens (including phenoxy) is 3. The van der Waals surface area contributed by atoms with E-state index in [4.69, 9.17) is 9.47 Å². The number of alkyl carbamates (subject to hydrolysis) is 1. The molecule has 0 heterocycles. The minimum absolute atomic E-state index is 0.153. The summed E-state index contributed by atoms with van der Waals surface area (Å²) in [5.74, 6) is -0.153. The van der Waals surface area contributed by atoms with Crippen molar-refractivity contribution >= 4 is 12.1 Å². The van der Waals surface area contributed by atoms with Gasteiger partial charge >= 0.3 is 12.1 Å². The number of amides is 1. The standard InChI is InChI=1S/C15H29NO5/c1-15(2,3)21-14(18)16-10-12-20-11-8-6-5-7-9-13(17)19-4/h5-12H2,1-4H3,(H,16,18). The number of carbonyl (C=O) groups excluding carboxylic acids is 2. The Morgan fingerprint density at radius 2 is 1.67 bits per heavy atom. The summed E-state index contributed by atoms with van der Waals surface area (Å²) in [7, 11) is 1.40. The maximum Gasteiger partial charge on any atom is 0.407 e. The van der Waals surface area contributed by atoms with Crippen LogP contribution in [0.3, 0.4) is 0 Å². The van der Waals surface area contributed by atoms with Crippen molar-refractivity contribution in [1.29, 1.82) is 0 Å². The quantitative estimate of drug-likeness (QED) is 0.496. The lowest BCUT2D eigenvalue weighted by Crippen LogP contribution is -2.34. The average Bonchev–Trinajstić information content (AvgIpc) is 2.38. The normalized spacial score (nSPS) is 11.0. The molecule has 0 aliphatic rings. The van der Waals surface area contributed by atoms with Crippen molar-refractivity contribution in [3.63, 3.8) is 0 Å². The van der Waals surface area contributed by atoms with Crippen LogP contribution in [-0.4, -0.2) is 44.5 Å². The molecule has 0 unspecified atom stereocenters. The molecule has 6 heteroatoms. The first-order chi connectivity index (χ1) is 9.85. The fourth-order valence-corrected chi connectivity index (χ4v) is 1.57. The van der Waals surface area contributed by atoms with Gasteiger partial charge < -0.3 is 19.5 Å². The molecule has 0 radical (unpaired) electrons. The van der Waals surface area contributed by atoms with Crippen molar-refractivity contribution in [1.82, 2.24) is 5.32 Å². The zero-order valence-corrected chi connectivity index (χ0v) is 13.7. The van der Waals surface area contributed by atoms with Gasteiger partial charge in [0, 0.05) is 19.6 Å². The van der Waals surface area contributed by atoms with Gasteiger partial charge in [-0.1, -0.05) is 12.8 Å². The number of carbonyl (C=O) groups is 2. The Morgan fingerprint density at radius 1 is 1.00 bits per heavy atom. The minimum atomic E-state index is -0.477. The van der Waals surface area contributed by atoms with E-state index >= 15 is 0 Å². The van der Waals surface area contributed by atoms with Crippen LogP contribution < -0.4 is 5.32 Å². The van der Waals surface area contributed by atoms with Gasteiger partial charge in [0.1, 0.15) is 5.60 Å². The smallest absolute Gasteiger partial charge is 0.407 e. The number of hydrogen-bond acceptors (Lipinski definition) is 5. The van der Waals surface area contributed by atoms with Crippen molar-refractivity contribution in [2.24, 2.45) is 0 Å². The first-order valence-electron chi connectivity index (χ1n) is 7.46. The highest BCUT2D eigenvalue weighted by Crippen LogP contribution is 2.06. The highest BCUT2D eigenvalue weighted by molar-refractivity contribution is 5.69. The van der Waals surface area contributed by atoms with E-state index in [1.54, 1.807) is 0 Å². The summed E-state index contributed by atoms with van der Waals surface area (Å²) in [5, 5.41) is 2.63. The molecule has 0 saturated carbocycles. The predicted molar refractivity (Wildman–Crippen MR) is 80.2 cm³/mol. The van der Waals surface area contributed by atoms with Crippen molar-refractivity contribution in [2.75, 3.05) is 26.9 Å². The molecule has 21 heavy (non-hydrogen) atoms. The van der Waals surface area contributed by atoms with Gasteiger partial charge in [-0.05, 0) is 33.6 Å². The topological polar surface area (TPSA) is 73.9 Å². The van der Waals surface area contributed by atoms with E-state index in [2.05, 4.69) is 10.1 Å². The number of esters is 1. The zero-order chi connectivity index (χ0) is 16.1. The summed E-state index contributed by atoms with van der Waals surface area (Å²) < 4.78 is 15.1. The monoisotopic (exact) mass is 303 g/mol. The summed E-state index contributed by atoms with van der Waals surface area (Å²) in [4.78, 5) is 22.2. The molecule has 0 fully saturated rings. The van der Waals surface area contributed by atoms with Crippen molar-refractivity contribution in [3.8, 4) is 0 Å². The second-order valence-electron chi connectivity index (χ2n) is 5.78. The molecule has 0 saturated heterocycles. The van der Waals surface area contributed by atoms with Crippen molar-refractivity contribution < 1.29 is 23.8 Å². The zero-order valence-electron chi connectivity index (χ0n) is 13.7. The van der Waals surface area contributed by atoms with E-state index in [0.717, 1.165) is 25.7 Å². The molecule has 124 valence electrons. The molecule has 1 N–H and O–H groups in total. The van der Waals surface area contributed by atoms with Crippen LogP contribution in [0.25, 0.3) is 0 Å². The highest BCUT2D eigenvalue weighted by Gasteiger charge is 2.15. The lowest BCUT2D eigenvalue weighted by Gasteiger charge is -2.19. The molecule has 0 bridgehead atoms. The molecule has 6 nitrogen and oxygen atoms in total. The summed E-state index contributed by atoms with van der Waals surface area (Å²) in [6.45, 7) is 7.04. The van der Waals surface area contributed by atoms with Crippen LogP contribution in [0.5, 0.6) is 0 Å². The Morgan fingerprint density at radius 3 is 2.29 bits per heavy atom. The molecule has 0 atom stereocenters. The fraction of sp³-hybridized carbons (Fsp3) is 0.867. The number of methoxy groups -OCH3 is 1. The van der Waals surface area contributed by atoms with Gasteiger partial charge in [-0.2, -0.15) is 0 Å². The van der Waals surface area contributed by atoms with Crippen molar-refractivity contribution in [2.45, 2.75) is 58.5 Å². The Bertz CT molecular complexity index is 299. The Hall–Kier alpha value is -1.30. The molecule has 0 aliphatic carbocycles. The second kappa shape index (κ2) is 11.4. The Labute approximate surface area is 127 Å². The van der Waals surface area contributed by atoms with Crippen LogP contribution in [0.1, 0.15) is 52.9 Å². The fourth-order valence-electron chi connectivity index (χ4n) is 1.57. The highest BCUT2D eigenvalue weighted by atomic mass is 16.6. The molecule has 0 rings (SSSR count). The largest absolute Gasteiger partial charge is 0.469 e. The van der Waals surface area contributed by atoms with Crippen LogP contribution in [0.2, 0.25) is 0 Å². The van der Waals surface area contributed by atoms with E-state index in [1.165, 1.54) is 7.11 Å². The summed E-state index contributed by atoms with van der Waals surface area (Å²) >= 11 is 0. The third kappa shape index (κ3) is 14.9. The lowest BCUT2D eigenvalue weighted by molar-refractivity contribution is -0.140. The van der Waals surface area contributed by atoms with Gasteiger partial charge in [0.25, 0.3) is 0 Å². The SMILES string of the molecule is COC(=O)CCCCCCOCCNC(=O)OC(C)(C)C. The molecule has 0 spiro atoms. The van der Waals surface area contributed by atoms with Gasteiger partial charge in [0.15, 0.2) is 0 Å². The molecule has 0 aliphatic heterocycles. The number of unbranched alkanes of at least 4 members (excludes halogenated alkanes) is 3. The van der Waals surface area contributed by atoms with Gasteiger partial charge in [-0.25, -0.2) is 4.79 Å². The van der Waals surface area contributed by atoms with E-state index in [-0.39, 0.29) is 5.97 Å². The summed E-state index contributed by atoms with van der Waals surface area (Å²) in [6.07, 6.45) is 3.89. The molecular formula is C15H29NO5. The van der Waals surface area contributed by atoms with Crippen LogP contribution >= 0.6 is 0 Å². The summed E-state index contributed by atoms with van der Waals surface area (Å²) in [5.41, 5.74) is -0.477. The first kappa shape index (κ1) is 19.7. The van der Waals surface area contributed by atoms with Gasteiger partial charge in [-0.15, -0.1) is 0 Å². The van der Waals surface area contributed by atoms with Crippen LogP contribution in [0.15, 0.2) is 0 Å². The maximum atomic E-state index is 11.3. The molecule has 1 amide bonds. The van der Waals surface area contributed by atoms with E-state index in [0.29, 0.717) is 26.2 Å². The van der Waals surface area contributed by atoms with Crippen molar-refractivity contribution in [3.05, 3.63) is 0 Å². The summed E-state index contributed by atoms with van der Waals surface area (Å²) in [6, 6.07) is 0. The average molecular weight is 303 g/mol. The third-order valence-corrected chi connectivity index (χ3v) is 2.56. The van der Waals surface area contributed by atoms with Gasteiger partial charge in [-0.3, -0.25) is 4.79 Å². The number of nitrogens with one attached hydrogen (secondary N) is 1. The minimum Gasteiger partial charge on any atom is -0.469 e.